The molecule has 0 aliphatic rings. The van der Waals surface area contributed by atoms with E-state index in [1.54, 1.807) is 0 Å². The molecule has 0 aromatic carbocycles. The molecule has 106 valence electrons. The highest BCUT2D eigenvalue weighted by Gasteiger charge is 2.09. The zero-order valence-corrected chi connectivity index (χ0v) is 13.0. The Kier molecular flexibility index (Phi) is 6.61. The van der Waals surface area contributed by atoms with Crippen LogP contribution >= 0.6 is 0 Å². The zero-order chi connectivity index (χ0) is 14.3. The summed E-state index contributed by atoms with van der Waals surface area (Å²) in [6, 6.07) is 0. The maximum Gasteiger partial charge on any atom is 0.0861 e. The molecule has 19 heavy (non-hydrogen) atoms. The third-order valence-electron chi connectivity index (χ3n) is 3.80. The molecule has 0 unspecified atom stereocenters. The molecule has 0 atom stereocenters. The minimum atomic E-state index is 0.981. The van der Waals surface area contributed by atoms with Crippen molar-refractivity contribution < 1.29 is 0 Å². The van der Waals surface area contributed by atoms with Gasteiger partial charge in [-0.25, -0.2) is 0 Å². The van der Waals surface area contributed by atoms with Gasteiger partial charge in [-0.3, -0.25) is 4.98 Å². The maximum atomic E-state index is 4.60. The largest absolute Gasteiger partial charge is 0.383 e. The highest BCUT2D eigenvalue weighted by Crippen LogP contribution is 2.25. The lowest BCUT2D eigenvalue weighted by Gasteiger charge is -2.16. The summed E-state index contributed by atoms with van der Waals surface area (Å²) in [4.78, 5) is 4.60. The van der Waals surface area contributed by atoms with Crippen molar-refractivity contribution in [3.63, 3.8) is 0 Å². The van der Waals surface area contributed by atoms with Crippen molar-refractivity contribution in [1.82, 2.24) is 4.98 Å². The standard InChI is InChI=1S/C17H28N2/c1-6-8-9-10-11-12-18-17-14(4)13(3)15(5)19-16(17)7-2/h7,18H,2,6,8-12H2,1,3-5H3. The van der Waals surface area contributed by atoms with Crippen molar-refractivity contribution in [3.05, 3.63) is 29.1 Å². The quantitative estimate of drug-likeness (QED) is 0.663. The van der Waals surface area contributed by atoms with E-state index >= 15 is 0 Å². The fourth-order valence-electron chi connectivity index (χ4n) is 2.28. The fourth-order valence-corrected chi connectivity index (χ4v) is 2.28. The number of hydrogen-bond donors (Lipinski definition) is 1. The zero-order valence-electron chi connectivity index (χ0n) is 13.0. The van der Waals surface area contributed by atoms with Crippen LogP contribution in [-0.2, 0) is 0 Å². The molecule has 0 fully saturated rings. The predicted molar refractivity (Wildman–Crippen MR) is 85.8 cm³/mol. The summed E-state index contributed by atoms with van der Waals surface area (Å²) in [5, 5.41) is 3.54. The SMILES string of the molecule is C=Cc1nc(C)c(C)c(C)c1NCCCCCCC. The van der Waals surface area contributed by atoms with Gasteiger partial charge in [0.2, 0.25) is 0 Å². The van der Waals surface area contributed by atoms with Crippen LogP contribution in [-0.4, -0.2) is 11.5 Å². The van der Waals surface area contributed by atoms with Gasteiger partial charge in [0.1, 0.15) is 0 Å². The van der Waals surface area contributed by atoms with Crippen LogP contribution in [0.4, 0.5) is 5.69 Å². The van der Waals surface area contributed by atoms with Crippen molar-refractivity contribution in [2.24, 2.45) is 0 Å². The summed E-state index contributed by atoms with van der Waals surface area (Å²) in [7, 11) is 0. The number of nitrogens with one attached hydrogen (secondary N) is 1. The van der Waals surface area contributed by atoms with E-state index in [1.807, 2.05) is 6.08 Å². The first-order valence-electron chi connectivity index (χ1n) is 7.45. The van der Waals surface area contributed by atoms with E-state index in [-0.39, 0.29) is 0 Å². The smallest absolute Gasteiger partial charge is 0.0861 e. The summed E-state index contributed by atoms with van der Waals surface area (Å²) in [5.74, 6) is 0. The van der Waals surface area contributed by atoms with E-state index in [2.05, 4.69) is 44.6 Å². The molecule has 1 rings (SSSR count). The molecule has 0 spiro atoms. The van der Waals surface area contributed by atoms with Crippen LogP contribution in [0, 0.1) is 20.8 Å². The van der Waals surface area contributed by atoms with Gasteiger partial charge in [-0.2, -0.15) is 0 Å². The van der Waals surface area contributed by atoms with Gasteiger partial charge in [-0.05, 0) is 44.4 Å². The van der Waals surface area contributed by atoms with Crippen molar-refractivity contribution in [2.75, 3.05) is 11.9 Å². The van der Waals surface area contributed by atoms with Crippen LogP contribution in [0.2, 0.25) is 0 Å². The first-order chi connectivity index (χ1) is 9.11. The number of aryl methyl sites for hydroxylation is 1. The molecule has 0 saturated heterocycles. The maximum absolute atomic E-state index is 4.60. The highest BCUT2D eigenvalue weighted by molar-refractivity contribution is 5.68. The lowest BCUT2D eigenvalue weighted by atomic mass is 10.0. The van der Waals surface area contributed by atoms with Crippen LogP contribution in [0.5, 0.6) is 0 Å². The van der Waals surface area contributed by atoms with E-state index in [0.29, 0.717) is 0 Å². The molecule has 1 aromatic rings. The van der Waals surface area contributed by atoms with Crippen molar-refractivity contribution in [2.45, 2.75) is 59.8 Å². The Hall–Kier alpha value is -1.31. The van der Waals surface area contributed by atoms with Gasteiger partial charge in [-0.1, -0.05) is 39.2 Å². The summed E-state index contributed by atoms with van der Waals surface area (Å²) in [6.07, 6.45) is 8.37. The number of nitrogens with zero attached hydrogens (tertiary/aromatic N) is 1. The average Bonchev–Trinajstić information content (AvgIpc) is 2.41. The van der Waals surface area contributed by atoms with Gasteiger partial charge in [0.25, 0.3) is 0 Å². The normalized spacial score (nSPS) is 10.5. The number of pyridine rings is 1. The molecule has 0 aliphatic heterocycles. The first-order valence-corrected chi connectivity index (χ1v) is 7.45. The molecule has 0 radical (unpaired) electrons. The van der Waals surface area contributed by atoms with Crippen LogP contribution in [0.25, 0.3) is 6.08 Å². The third-order valence-corrected chi connectivity index (χ3v) is 3.80. The molecule has 1 N–H and O–H groups in total. The van der Waals surface area contributed by atoms with Gasteiger partial charge in [0.15, 0.2) is 0 Å². The molecule has 0 aliphatic carbocycles. The number of rotatable bonds is 8. The molecule has 0 saturated carbocycles. The van der Waals surface area contributed by atoms with Gasteiger partial charge in [0.05, 0.1) is 11.4 Å². The second-order valence-electron chi connectivity index (χ2n) is 5.25. The average molecular weight is 260 g/mol. The Labute approximate surface area is 118 Å². The first kappa shape index (κ1) is 15.7. The Balaban J connectivity index is 2.62. The van der Waals surface area contributed by atoms with Gasteiger partial charge in [-0.15, -0.1) is 0 Å². The third kappa shape index (κ3) is 4.38. The highest BCUT2D eigenvalue weighted by atomic mass is 14.9. The summed E-state index contributed by atoms with van der Waals surface area (Å²) >= 11 is 0. The van der Waals surface area contributed by atoms with Crippen LogP contribution in [0.3, 0.4) is 0 Å². The Morgan fingerprint density at radius 1 is 1.05 bits per heavy atom. The number of aromatic nitrogens is 1. The second kappa shape index (κ2) is 7.98. The Morgan fingerprint density at radius 3 is 2.37 bits per heavy atom. The van der Waals surface area contributed by atoms with Gasteiger partial charge in [0, 0.05) is 12.2 Å². The monoisotopic (exact) mass is 260 g/mol. The van der Waals surface area contributed by atoms with Gasteiger partial charge >= 0.3 is 0 Å². The number of anilines is 1. The van der Waals surface area contributed by atoms with Gasteiger partial charge < -0.3 is 5.32 Å². The molecule has 1 aromatic heterocycles. The molecular formula is C17H28N2. The Bertz CT molecular complexity index is 422. The van der Waals surface area contributed by atoms with Crippen molar-refractivity contribution >= 4 is 11.8 Å². The van der Waals surface area contributed by atoms with E-state index in [4.69, 9.17) is 0 Å². The fraction of sp³-hybridized carbons (Fsp3) is 0.588. The van der Waals surface area contributed by atoms with E-state index in [1.165, 1.54) is 43.2 Å². The minimum Gasteiger partial charge on any atom is -0.383 e. The molecule has 1 heterocycles. The van der Waals surface area contributed by atoms with Crippen LogP contribution < -0.4 is 5.32 Å². The molecule has 2 heteroatoms. The lowest BCUT2D eigenvalue weighted by Crippen LogP contribution is -2.08. The molecule has 2 nitrogen and oxygen atoms in total. The Morgan fingerprint density at radius 2 is 1.74 bits per heavy atom. The summed E-state index contributed by atoms with van der Waals surface area (Å²) in [6.45, 7) is 13.5. The number of unbranched alkanes of at least 4 members (excludes halogenated alkanes) is 4. The molecular weight excluding hydrogens is 232 g/mol. The summed E-state index contributed by atoms with van der Waals surface area (Å²) < 4.78 is 0. The van der Waals surface area contributed by atoms with Crippen LogP contribution in [0.1, 0.15) is 61.5 Å². The van der Waals surface area contributed by atoms with Crippen molar-refractivity contribution in [1.29, 1.82) is 0 Å². The van der Waals surface area contributed by atoms with Crippen molar-refractivity contribution in [3.8, 4) is 0 Å². The topological polar surface area (TPSA) is 24.9 Å². The van der Waals surface area contributed by atoms with E-state index in [0.717, 1.165) is 23.6 Å². The van der Waals surface area contributed by atoms with Crippen LogP contribution in [0.15, 0.2) is 6.58 Å². The second-order valence-corrected chi connectivity index (χ2v) is 5.25. The minimum absolute atomic E-state index is 0.981. The van der Waals surface area contributed by atoms with E-state index < -0.39 is 0 Å². The lowest BCUT2D eigenvalue weighted by molar-refractivity contribution is 0.645. The molecule has 0 amide bonds. The van der Waals surface area contributed by atoms with E-state index in [9.17, 15) is 0 Å². The summed E-state index contributed by atoms with van der Waals surface area (Å²) in [5.41, 5.74) is 5.82. The predicted octanol–water partition coefficient (Wildman–Crippen LogP) is 5.03. The molecule has 0 bridgehead atoms. The number of hydrogen-bond acceptors (Lipinski definition) is 2.